The van der Waals surface area contributed by atoms with Crippen LogP contribution in [0.4, 0.5) is 13.2 Å². The van der Waals surface area contributed by atoms with Crippen molar-refractivity contribution in [1.82, 2.24) is 14.7 Å². The summed E-state index contributed by atoms with van der Waals surface area (Å²) in [7, 11) is 0. The summed E-state index contributed by atoms with van der Waals surface area (Å²) in [5.41, 5.74) is 0.304. The number of nitrogens with zero attached hydrogens (tertiary/aromatic N) is 3. The molecular formula is C22H30F3N3O3. The van der Waals surface area contributed by atoms with Crippen molar-refractivity contribution >= 4 is 11.8 Å². The van der Waals surface area contributed by atoms with Gasteiger partial charge in [-0.3, -0.25) is 9.59 Å². The second kappa shape index (κ2) is 10.3. The molecule has 2 aliphatic heterocycles. The minimum absolute atomic E-state index is 0.00459. The molecule has 0 saturated carbocycles. The quantitative estimate of drug-likeness (QED) is 0.678. The largest absolute Gasteiger partial charge is 0.573 e. The SMILES string of the molecule is CC(=O)N(CCN1CCCCC1)C1CCCN(C(=O)c2ccc(OC(F)(F)F)cc2)C1. The number of ether oxygens (including phenoxy) is 1. The lowest BCUT2D eigenvalue weighted by atomic mass is 10.0. The number of hydrogen-bond donors (Lipinski definition) is 0. The molecule has 1 atom stereocenters. The van der Waals surface area contributed by atoms with E-state index in [1.165, 1.54) is 31.4 Å². The van der Waals surface area contributed by atoms with Crippen LogP contribution < -0.4 is 4.74 Å². The number of hydrogen-bond acceptors (Lipinski definition) is 4. The number of halogens is 3. The zero-order valence-electron chi connectivity index (χ0n) is 17.9. The molecule has 3 rings (SSSR count). The topological polar surface area (TPSA) is 53.1 Å². The number of benzene rings is 1. The van der Waals surface area contributed by atoms with Crippen LogP contribution in [0.2, 0.25) is 0 Å². The van der Waals surface area contributed by atoms with E-state index in [-0.39, 0.29) is 23.6 Å². The standard InChI is InChI=1S/C22H30F3N3O3/c1-17(29)28(15-14-26-11-3-2-4-12-26)19-6-5-13-27(16-19)21(30)18-7-9-20(10-8-18)31-22(23,24)25/h7-10,19H,2-6,11-16H2,1H3. The fraction of sp³-hybridized carbons (Fsp3) is 0.636. The molecule has 1 aromatic rings. The molecule has 0 N–H and O–H groups in total. The molecule has 0 bridgehead atoms. The molecule has 2 amide bonds. The van der Waals surface area contributed by atoms with Gasteiger partial charge < -0.3 is 19.4 Å². The molecule has 31 heavy (non-hydrogen) atoms. The maximum absolute atomic E-state index is 12.9. The Morgan fingerprint density at radius 2 is 1.74 bits per heavy atom. The highest BCUT2D eigenvalue weighted by Gasteiger charge is 2.32. The molecule has 6 nitrogen and oxygen atoms in total. The second-order valence-electron chi connectivity index (χ2n) is 8.23. The Morgan fingerprint density at radius 3 is 2.35 bits per heavy atom. The van der Waals surface area contributed by atoms with Crippen LogP contribution in [0.25, 0.3) is 0 Å². The van der Waals surface area contributed by atoms with E-state index in [0.717, 1.165) is 44.6 Å². The van der Waals surface area contributed by atoms with Gasteiger partial charge in [0.25, 0.3) is 5.91 Å². The predicted octanol–water partition coefficient (Wildman–Crippen LogP) is 3.52. The van der Waals surface area contributed by atoms with Crippen molar-refractivity contribution in [2.45, 2.75) is 51.4 Å². The van der Waals surface area contributed by atoms with Crippen LogP contribution in [0, 0.1) is 0 Å². The molecular weight excluding hydrogens is 411 g/mol. The number of amides is 2. The summed E-state index contributed by atoms with van der Waals surface area (Å²) in [5.74, 6) is -0.603. The van der Waals surface area contributed by atoms with E-state index in [1.807, 2.05) is 4.90 Å². The number of carbonyl (C=O) groups excluding carboxylic acids is 2. The highest BCUT2D eigenvalue weighted by atomic mass is 19.4. The molecule has 172 valence electrons. The van der Waals surface area contributed by atoms with Gasteiger partial charge in [0, 0.05) is 44.7 Å². The number of piperidine rings is 2. The summed E-state index contributed by atoms with van der Waals surface area (Å²) >= 11 is 0. The first kappa shape index (κ1) is 23.4. The van der Waals surface area contributed by atoms with Gasteiger partial charge in [-0.05, 0) is 63.0 Å². The first-order valence-electron chi connectivity index (χ1n) is 10.9. The maximum Gasteiger partial charge on any atom is 0.573 e. The van der Waals surface area contributed by atoms with Gasteiger partial charge in [-0.25, -0.2) is 0 Å². The van der Waals surface area contributed by atoms with E-state index >= 15 is 0 Å². The fourth-order valence-electron chi connectivity index (χ4n) is 4.40. The Balaban J connectivity index is 1.59. The highest BCUT2D eigenvalue weighted by molar-refractivity contribution is 5.94. The van der Waals surface area contributed by atoms with Crippen LogP contribution in [0.3, 0.4) is 0 Å². The van der Waals surface area contributed by atoms with E-state index in [2.05, 4.69) is 9.64 Å². The molecule has 0 aliphatic carbocycles. The van der Waals surface area contributed by atoms with Gasteiger partial charge in [-0.15, -0.1) is 13.2 Å². The number of carbonyl (C=O) groups is 2. The van der Waals surface area contributed by atoms with Gasteiger partial charge in [0.15, 0.2) is 0 Å². The van der Waals surface area contributed by atoms with Crippen molar-refractivity contribution in [3.63, 3.8) is 0 Å². The third-order valence-electron chi connectivity index (χ3n) is 5.97. The van der Waals surface area contributed by atoms with Crippen molar-refractivity contribution in [3.8, 4) is 5.75 Å². The monoisotopic (exact) mass is 441 g/mol. The Morgan fingerprint density at radius 1 is 1.06 bits per heavy atom. The van der Waals surface area contributed by atoms with E-state index in [1.54, 1.807) is 11.8 Å². The number of likely N-dealkylation sites (tertiary alicyclic amines) is 2. The Kier molecular flexibility index (Phi) is 7.80. The Labute approximate surface area is 180 Å². The van der Waals surface area contributed by atoms with E-state index in [0.29, 0.717) is 25.2 Å². The van der Waals surface area contributed by atoms with Crippen molar-refractivity contribution in [2.75, 3.05) is 39.3 Å². The van der Waals surface area contributed by atoms with Crippen LogP contribution in [0.15, 0.2) is 24.3 Å². The zero-order valence-corrected chi connectivity index (χ0v) is 17.9. The van der Waals surface area contributed by atoms with Crippen molar-refractivity contribution in [3.05, 3.63) is 29.8 Å². The summed E-state index contributed by atoms with van der Waals surface area (Å²) in [6.45, 7) is 6.17. The second-order valence-corrected chi connectivity index (χ2v) is 8.23. The van der Waals surface area contributed by atoms with E-state index < -0.39 is 6.36 Å². The van der Waals surface area contributed by atoms with Crippen LogP contribution in [-0.2, 0) is 4.79 Å². The number of rotatable bonds is 6. The van der Waals surface area contributed by atoms with Crippen LogP contribution in [-0.4, -0.2) is 78.2 Å². The molecule has 0 aromatic heterocycles. The lowest BCUT2D eigenvalue weighted by molar-refractivity contribution is -0.274. The van der Waals surface area contributed by atoms with Crippen molar-refractivity contribution < 1.29 is 27.5 Å². The average molecular weight is 441 g/mol. The van der Waals surface area contributed by atoms with E-state index in [4.69, 9.17) is 0 Å². The third-order valence-corrected chi connectivity index (χ3v) is 5.97. The summed E-state index contributed by atoms with van der Waals surface area (Å²) in [6.07, 6.45) is 0.490. The van der Waals surface area contributed by atoms with Gasteiger partial charge in [-0.1, -0.05) is 6.42 Å². The fourth-order valence-corrected chi connectivity index (χ4v) is 4.40. The molecule has 1 aromatic carbocycles. The first-order valence-corrected chi connectivity index (χ1v) is 10.9. The van der Waals surface area contributed by atoms with Crippen LogP contribution in [0.1, 0.15) is 49.4 Å². The van der Waals surface area contributed by atoms with E-state index in [9.17, 15) is 22.8 Å². The Hall–Kier alpha value is -2.29. The van der Waals surface area contributed by atoms with Gasteiger partial charge in [0.05, 0.1) is 0 Å². The summed E-state index contributed by atoms with van der Waals surface area (Å²) < 4.78 is 40.8. The smallest absolute Gasteiger partial charge is 0.406 e. The molecule has 2 saturated heterocycles. The van der Waals surface area contributed by atoms with Crippen LogP contribution >= 0.6 is 0 Å². The van der Waals surface area contributed by atoms with Gasteiger partial charge in [0.2, 0.25) is 5.91 Å². The predicted molar refractivity (Wildman–Crippen MR) is 110 cm³/mol. The van der Waals surface area contributed by atoms with Crippen molar-refractivity contribution in [2.24, 2.45) is 0 Å². The molecule has 0 spiro atoms. The molecule has 2 heterocycles. The summed E-state index contributed by atoms with van der Waals surface area (Å²) in [6, 6.07) is 4.91. The average Bonchev–Trinajstić information content (AvgIpc) is 2.73. The minimum atomic E-state index is -4.77. The highest BCUT2D eigenvalue weighted by Crippen LogP contribution is 2.24. The first-order chi connectivity index (χ1) is 14.7. The summed E-state index contributed by atoms with van der Waals surface area (Å²) in [5, 5.41) is 0. The third kappa shape index (κ3) is 6.85. The summed E-state index contributed by atoms with van der Waals surface area (Å²) in [4.78, 5) is 31.1. The molecule has 9 heteroatoms. The Bertz CT molecular complexity index is 749. The zero-order chi connectivity index (χ0) is 22.4. The molecule has 0 radical (unpaired) electrons. The number of alkyl halides is 3. The lowest BCUT2D eigenvalue weighted by Crippen LogP contribution is -2.53. The van der Waals surface area contributed by atoms with Crippen LogP contribution in [0.5, 0.6) is 5.75 Å². The molecule has 1 unspecified atom stereocenters. The molecule has 2 fully saturated rings. The maximum atomic E-state index is 12.9. The lowest BCUT2D eigenvalue weighted by Gasteiger charge is -2.40. The van der Waals surface area contributed by atoms with Gasteiger partial charge in [-0.2, -0.15) is 0 Å². The van der Waals surface area contributed by atoms with Crippen molar-refractivity contribution in [1.29, 1.82) is 0 Å². The normalized spacial score (nSPS) is 20.4. The van der Waals surface area contributed by atoms with Gasteiger partial charge >= 0.3 is 6.36 Å². The van der Waals surface area contributed by atoms with Gasteiger partial charge in [0.1, 0.15) is 5.75 Å². The minimum Gasteiger partial charge on any atom is -0.406 e. The molecule has 2 aliphatic rings.